The van der Waals surface area contributed by atoms with E-state index in [1.165, 1.54) is 0 Å². The first-order valence-electron chi connectivity index (χ1n) is 11.1. The van der Waals surface area contributed by atoms with Crippen molar-refractivity contribution in [1.82, 2.24) is 16.0 Å². The van der Waals surface area contributed by atoms with Crippen LogP contribution in [0.4, 0.5) is 0 Å². The molecule has 0 heterocycles. The summed E-state index contributed by atoms with van der Waals surface area (Å²) in [6, 6.07) is -3.15. The molecular formula is C22H40N4O7. The van der Waals surface area contributed by atoms with E-state index in [2.05, 4.69) is 16.0 Å². The number of ether oxygens (including phenoxy) is 2. The van der Waals surface area contributed by atoms with Gasteiger partial charge in [0.25, 0.3) is 0 Å². The summed E-state index contributed by atoms with van der Waals surface area (Å²) in [6.07, 6.45) is -0.347. The molecule has 11 nitrogen and oxygen atoms in total. The van der Waals surface area contributed by atoms with Gasteiger partial charge in [0, 0.05) is 0 Å². The summed E-state index contributed by atoms with van der Waals surface area (Å²) < 4.78 is 9.93. The number of amides is 3. The Morgan fingerprint density at radius 2 is 1.30 bits per heavy atom. The number of nitrogens with two attached hydrogens (primary N) is 1. The normalized spacial score (nSPS) is 14.2. The largest absolute Gasteiger partial charge is 0.465 e. The Kier molecular flexibility index (Phi) is 12.6. The molecule has 33 heavy (non-hydrogen) atoms. The lowest BCUT2D eigenvalue weighted by molar-refractivity contribution is -0.156. The van der Waals surface area contributed by atoms with Crippen LogP contribution in [-0.4, -0.2) is 66.5 Å². The van der Waals surface area contributed by atoms with Crippen molar-refractivity contribution < 1.29 is 33.4 Å². The minimum atomic E-state index is -1.21. The highest BCUT2D eigenvalue weighted by atomic mass is 16.6. The molecule has 0 aliphatic heterocycles. The van der Waals surface area contributed by atoms with E-state index in [4.69, 9.17) is 15.2 Å². The fourth-order valence-electron chi connectivity index (χ4n) is 2.71. The minimum absolute atomic E-state index is 0.185. The van der Waals surface area contributed by atoms with Crippen LogP contribution in [0.2, 0.25) is 0 Å². The lowest BCUT2D eigenvalue weighted by Crippen LogP contribution is -2.58. The number of hydrogen-bond acceptors (Lipinski definition) is 8. The second-order valence-corrected chi connectivity index (χ2v) is 9.38. The summed E-state index contributed by atoms with van der Waals surface area (Å²) in [4.78, 5) is 61.3. The van der Waals surface area contributed by atoms with Gasteiger partial charge in [-0.15, -0.1) is 0 Å². The van der Waals surface area contributed by atoms with Gasteiger partial charge in [0.15, 0.2) is 0 Å². The Labute approximate surface area is 195 Å². The topological polar surface area (TPSA) is 166 Å². The molecule has 0 unspecified atom stereocenters. The highest BCUT2D eigenvalue weighted by Gasteiger charge is 2.32. The van der Waals surface area contributed by atoms with Crippen LogP contribution in [0.25, 0.3) is 0 Å². The smallest absolute Gasteiger partial charge is 0.325 e. The van der Waals surface area contributed by atoms with Gasteiger partial charge in [0.2, 0.25) is 17.7 Å². The first kappa shape index (κ1) is 30.3. The first-order valence-corrected chi connectivity index (χ1v) is 11.1. The molecule has 0 saturated heterocycles. The molecular weight excluding hydrogens is 432 g/mol. The van der Waals surface area contributed by atoms with Crippen LogP contribution in [-0.2, 0) is 33.4 Å². The Morgan fingerprint density at radius 3 is 1.76 bits per heavy atom. The zero-order chi connectivity index (χ0) is 25.9. The van der Waals surface area contributed by atoms with Crippen molar-refractivity contribution in [3.63, 3.8) is 0 Å². The van der Waals surface area contributed by atoms with Crippen LogP contribution in [0, 0.1) is 11.8 Å². The average molecular weight is 473 g/mol. The predicted molar refractivity (Wildman–Crippen MR) is 122 cm³/mol. The summed E-state index contributed by atoms with van der Waals surface area (Å²) in [7, 11) is 0. The zero-order valence-electron chi connectivity index (χ0n) is 20.9. The van der Waals surface area contributed by atoms with E-state index >= 15 is 0 Å². The van der Waals surface area contributed by atoms with Gasteiger partial charge >= 0.3 is 11.9 Å². The minimum Gasteiger partial charge on any atom is -0.465 e. The van der Waals surface area contributed by atoms with Crippen molar-refractivity contribution in [1.29, 1.82) is 0 Å². The van der Waals surface area contributed by atoms with Crippen LogP contribution in [0.1, 0.15) is 61.8 Å². The lowest BCUT2D eigenvalue weighted by Gasteiger charge is -2.27. The molecule has 5 N–H and O–H groups in total. The van der Waals surface area contributed by atoms with Gasteiger partial charge in [-0.1, -0.05) is 27.7 Å². The van der Waals surface area contributed by atoms with Crippen LogP contribution in [0.5, 0.6) is 0 Å². The molecule has 0 spiro atoms. The summed E-state index contributed by atoms with van der Waals surface area (Å²) in [5.74, 6) is -3.69. The molecule has 3 atom stereocenters. The number of carbonyl (C=O) groups excluding carboxylic acids is 5. The van der Waals surface area contributed by atoms with Gasteiger partial charge in [0.05, 0.1) is 19.1 Å². The predicted octanol–water partition coefficient (Wildman–Crippen LogP) is 0.00640. The highest BCUT2D eigenvalue weighted by molar-refractivity contribution is 5.94. The SMILES string of the molecule is CCOC(=O)CNC(=O)[C@@H](NC(=O)[C@@H](NC(=O)[C@@H](N)CC(=O)OC(C)(C)C)C(C)C)C(C)C. The monoisotopic (exact) mass is 472 g/mol. The van der Waals surface area contributed by atoms with Crippen molar-refractivity contribution >= 4 is 29.7 Å². The average Bonchev–Trinajstić information content (AvgIpc) is 2.65. The molecule has 0 saturated carbocycles. The maximum Gasteiger partial charge on any atom is 0.325 e. The molecule has 0 radical (unpaired) electrons. The zero-order valence-corrected chi connectivity index (χ0v) is 20.9. The number of esters is 2. The summed E-state index contributed by atoms with van der Waals surface area (Å²) in [5.41, 5.74) is 5.11. The Balaban J connectivity index is 5.13. The maximum absolute atomic E-state index is 12.9. The van der Waals surface area contributed by atoms with Gasteiger partial charge < -0.3 is 31.2 Å². The Hall–Kier alpha value is -2.69. The molecule has 0 rings (SSSR count). The molecule has 0 aliphatic rings. The molecule has 0 aromatic rings. The summed E-state index contributed by atoms with van der Waals surface area (Å²) in [6.45, 7) is 13.5. The van der Waals surface area contributed by atoms with Gasteiger partial charge in [-0.05, 0) is 39.5 Å². The van der Waals surface area contributed by atoms with Crippen LogP contribution < -0.4 is 21.7 Å². The fourth-order valence-corrected chi connectivity index (χ4v) is 2.71. The number of carbonyl (C=O) groups is 5. The molecule has 0 aromatic heterocycles. The van der Waals surface area contributed by atoms with Crippen molar-refractivity contribution in [2.24, 2.45) is 17.6 Å². The molecule has 0 fully saturated rings. The quantitative estimate of drug-likeness (QED) is 0.288. The van der Waals surface area contributed by atoms with Gasteiger partial charge in [-0.2, -0.15) is 0 Å². The van der Waals surface area contributed by atoms with E-state index < -0.39 is 53.4 Å². The molecule has 0 aliphatic carbocycles. The fraction of sp³-hybridized carbons (Fsp3) is 0.773. The summed E-state index contributed by atoms with van der Waals surface area (Å²) in [5, 5.41) is 7.60. The van der Waals surface area contributed by atoms with Crippen LogP contribution >= 0.6 is 0 Å². The molecule has 11 heteroatoms. The van der Waals surface area contributed by atoms with E-state index in [1.54, 1.807) is 55.4 Å². The van der Waals surface area contributed by atoms with Gasteiger partial charge in [-0.3, -0.25) is 24.0 Å². The van der Waals surface area contributed by atoms with E-state index in [0.717, 1.165) is 0 Å². The second kappa shape index (κ2) is 13.8. The van der Waals surface area contributed by atoms with Crippen molar-refractivity contribution in [2.75, 3.05) is 13.2 Å². The number of rotatable bonds is 12. The standard InChI is InChI=1S/C22H40N4O7/c1-9-32-16(28)11-24-20(30)17(12(2)3)26-21(31)18(13(4)5)25-19(29)14(23)10-15(27)33-22(6,7)8/h12-14,17-18H,9-11,23H2,1-8H3,(H,24,30)(H,25,29)(H,26,31)/t14-,17-,18-/m0/s1. The second-order valence-electron chi connectivity index (χ2n) is 9.38. The third-order valence-electron chi connectivity index (χ3n) is 4.35. The van der Waals surface area contributed by atoms with Crippen LogP contribution in [0.15, 0.2) is 0 Å². The maximum atomic E-state index is 12.9. The van der Waals surface area contributed by atoms with E-state index in [0.29, 0.717) is 0 Å². The van der Waals surface area contributed by atoms with E-state index in [1.807, 2.05) is 0 Å². The van der Waals surface area contributed by atoms with E-state index in [-0.39, 0.29) is 31.4 Å². The van der Waals surface area contributed by atoms with E-state index in [9.17, 15) is 24.0 Å². The number of hydrogen-bond donors (Lipinski definition) is 4. The van der Waals surface area contributed by atoms with Crippen LogP contribution in [0.3, 0.4) is 0 Å². The summed E-state index contributed by atoms with van der Waals surface area (Å²) >= 11 is 0. The van der Waals surface area contributed by atoms with Crippen molar-refractivity contribution in [2.45, 2.75) is 85.5 Å². The molecule has 190 valence electrons. The Morgan fingerprint density at radius 1 is 0.818 bits per heavy atom. The van der Waals surface area contributed by atoms with Crippen molar-refractivity contribution in [3.8, 4) is 0 Å². The van der Waals surface area contributed by atoms with Gasteiger partial charge in [-0.25, -0.2) is 0 Å². The Bertz CT molecular complexity index is 701. The number of nitrogens with one attached hydrogen (secondary N) is 3. The molecule has 0 bridgehead atoms. The third kappa shape index (κ3) is 12.2. The lowest BCUT2D eigenvalue weighted by atomic mass is 9.99. The molecule has 0 aromatic carbocycles. The third-order valence-corrected chi connectivity index (χ3v) is 4.35. The van der Waals surface area contributed by atoms with Crippen molar-refractivity contribution in [3.05, 3.63) is 0 Å². The van der Waals surface area contributed by atoms with Gasteiger partial charge in [0.1, 0.15) is 24.2 Å². The molecule has 3 amide bonds. The first-order chi connectivity index (χ1) is 15.1. The highest BCUT2D eigenvalue weighted by Crippen LogP contribution is 2.10.